The van der Waals surface area contributed by atoms with E-state index in [4.69, 9.17) is 37.8 Å². The SMILES string of the molecule is CCOc1cc(/C=C2/SC(=O)N(CC(=O)O)C2=O)cc(Br)c1OCc1ccc(Cl)cc1Cl. The average Bonchev–Trinajstić information content (AvgIpc) is 2.96. The standard InChI is InChI=1S/C21H16BrCl2NO6S/c1-2-30-16-6-11(7-17-20(28)25(9-18(26)27)21(29)32-17)5-14(22)19(16)31-10-12-3-4-13(23)8-15(12)24/h3-8H,2,9-10H2,1H3,(H,26,27)/b17-7+. The van der Waals surface area contributed by atoms with E-state index in [1.165, 1.54) is 6.08 Å². The van der Waals surface area contributed by atoms with Crippen molar-refractivity contribution in [2.45, 2.75) is 13.5 Å². The highest BCUT2D eigenvalue weighted by Gasteiger charge is 2.36. The third kappa shape index (κ3) is 5.78. The van der Waals surface area contributed by atoms with Gasteiger partial charge in [0.1, 0.15) is 13.2 Å². The zero-order valence-electron chi connectivity index (χ0n) is 16.6. The van der Waals surface area contributed by atoms with Crippen molar-refractivity contribution in [3.63, 3.8) is 0 Å². The Kier molecular flexibility index (Phi) is 8.10. The molecule has 168 valence electrons. The van der Waals surface area contributed by atoms with Crippen molar-refractivity contribution < 1.29 is 29.0 Å². The lowest BCUT2D eigenvalue weighted by molar-refractivity contribution is -0.140. The van der Waals surface area contributed by atoms with Crippen LogP contribution in [0.25, 0.3) is 6.08 Å². The van der Waals surface area contributed by atoms with Gasteiger partial charge in [-0.2, -0.15) is 0 Å². The summed E-state index contributed by atoms with van der Waals surface area (Å²) in [6.07, 6.45) is 1.50. The molecular weight excluding hydrogens is 545 g/mol. The first-order valence-electron chi connectivity index (χ1n) is 9.19. The van der Waals surface area contributed by atoms with E-state index in [1.54, 1.807) is 30.3 Å². The lowest BCUT2D eigenvalue weighted by Crippen LogP contribution is -2.33. The summed E-state index contributed by atoms with van der Waals surface area (Å²) in [7, 11) is 0. The number of nitrogens with zero attached hydrogens (tertiary/aromatic N) is 1. The van der Waals surface area contributed by atoms with Crippen LogP contribution in [-0.2, 0) is 16.2 Å². The molecule has 7 nitrogen and oxygen atoms in total. The van der Waals surface area contributed by atoms with Gasteiger partial charge in [-0.15, -0.1) is 0 Å². The Hall–Kier alpha value is -2.20. The number of carbonyl (C=O) groups excluding carboxylic acids is 2. The number of hydrogen-bond acceptors (Lipinski definition) is 6. The largest absolute Gasteiger partial charge is 0.490 e. The fourth-order valence-electron chi connectivity index (χ4n) is 2.79. The molecule has 1 heterocycles. The van der Waals surface area contributed by atoms with E-state index >= 15 is 0 Å². The Morgan fingerprint density at radius 3 is 2.62 bits per heavy atom. The van der Waals surface area contributed by atoms with Crippen molar-refractivity contribution in [3.05, 3.63) is 60.9 Å². The van der Waals surface area contributed by atoms with Crippen LogP contribution in [0.2, 0.25) is 10.0 Å². The second kappa shape index (κ2) is 10.6. The van der Waals surface area contributed by atoms with Gasteiger partial charge in [0.05, 0.1) is 16.0 Å². The maximum Gasteiger partial charge on any atom is 0.323 e. The number of aliphatic carboxylic acids is 1. The number of amides is 2. The summed E-state index contributed by atoms with van der Waals surface area (Å²) in [5.41, 5.74) is 1.31. The number of imide groups is 1. The van der Waals surface area contributed by atoms with Gasteiger partial charge in [-0.05, 0) is 70.5 Å². The van der Waals surface area contributed by atoms with E-state index in [-0.39, 0.29) is 11.5 Å². The van der Waals surface area contributed by atoms with Crippen molar-refractivity contribution in [1.29, 1.82) is 0 Å². The third-order valence-electron chi connectivity index (χ3n) is 4.18. The van der Waals surface area contributed by atoms with Crippen LogP contribution < -0.4 is 9.47 Å². The van der Waals surface area contributed by atoms with E-state index in [9.17, 15) is 14.4 Å². The first kappa shape index (κ1) is 24.4. The molecule has 1 aliphatic rings. The zero-order valence-corrected chi connectivity index (χ0v) is 20.5. The molecular formula is C21H16BrCl2NO6S. The van der Waals surface area contributed by atoms with Gasteiger partial charge in [0, 0.05) is 15.6 Å². The van der Waals surface area contributed by atoms with Crippen LogP contribution in [0.15, 0.2) is 39.7 Å². The summed E-state index contributed by atoms with van der Waals surface area (Å²) >= 11 is 16.3. The summed E-state index contributed by atoms with van der Waals surface area (Å²) in [5, 5.41) is 9.25. The monoisotopic (exact) mass is 559 g/mol. The molecule has 3 rings (SSSR count). The predicted octanol–water partition coefficient (Wildman–Crippen LogP) is 5.85. The van der Waals surface area contributed by atoms with Crippen molar-refractivity contribution in [3.8, 4) is 11.5 Å². The van der Waals surface area contributed by atoms with Crippen LogP contribution in [0.3, 0.4) is 0 Å². The summed E-state index contributed by atoms with van der Waals surface area (Å²) in [6, 6.07) is 8.47. The van der Waals surface area contributed by atoms with Gasteiger partial charge >= 0.3 is 5.97 Å². The van der Waals surface area contributed by atoms with Gasteiger partial charge in [0.15, 0.2) is 11.5 Å². The molecule has 2 amide bonds. The predicted molar refractivity (Wildman–Crippen MR) is 126 cm³/mol. The quantitative estimate of drug-likeness (QED) is 0.404. The van der Waals surface area contributed by atoms with Crippen LogP contribution in [0.1, 0.15) is 18.1 Å². The van der Waals surface area contributed by atoms with Crippen molar-refractivity contribution in [1.82, 2.24) is 4.90 Å². The number of carboxylic acids is 1. The topological polar surface area (TPSA) is 93.1 Å². The molecule has 1 N–H and O–H groups in total. The van der Waals surface area contributed by atoms with E-state index in [0.29, 0.717) is 54.8 Å². The first-order valence-corrected chi connectivity index (χ1v) is 11.6. The lowest BCUT2D eigenvalue weighted by atomic mass is 10.1. The van der Waals surface area contributed by atoms with E-state index in [1.807, 2.05) is 6.92 Å². The van der Waals surface area contributed by atoms with Gasteiger partial charge in [0.25, 0.3) is 11.1 Å². The Morgan fingerprint density at radius 2 is 1.97 bits per heavy atom. The van der Waals surface area contributed by atoms with E-state index in [0.717, 1.165) is 5.56 Å². The van der Waals surface area contributed by atoms with Crippen molar-refractivity contribution >= 4 is 74.1 Å². The fourth-order valence-corrected chi connectivity index (χ4v) is 4.66. The Labute approximate surface area is 206 Å². The minimum Gasteiger partial charge on any atom is -0.490 e. The van der Waals surface area contributed by atoms with Gasteiger partial charge < -0.3 is 14.6 Å². The van der Waals surface area contributed by atoms with E-state index in [2.05, 4.69) is 15.9 Å². The van der Waals surface area contributed by atoms with Crippen LogP contribution in [0, 0.1) is 0 Å². The average molecular weight is 561 g/mol. The molecule has 0 aliphatic carbocycles. The molecule has 1 fully saturated rings. The second-order valence-electron chi connectivity index (χ2n) is 6.45. The van der Waals surface area contributed by atoms with Gasteiger partial charge in [-0.25, -0.2) is 0 Å². The molecule has 0 spiro atoms. The summed E-state index contributed by atoms with van der Waals surface area (Å²) in [5.74, 6) is -1.07. The Morgan fingerprint density at radius 1 is 1.22 bits per heavy atom. The molecule has 0 radical (unpaired) electrons. The van der Waals surface area contributed by atoms with Gasteiger partial charge in [-0.1, -0.05) is 29.3 Å². The molecule has 0 unspecified atom stereocenters. The lowest BCUT2D eigenvalue weighted by Gasteiger charge is -2.15. The summed E-state index contributed by atoms with van der Waals surface area (Å²) in [4.78, 5) is 36.1. The van der Waals surface area contributed by atoms with Crippen LogP contribution >= 0.6 is 50.9 Å². The molecule has 0 aromatic heterocycles. The first-order chi connectivity index (χ1) is 15.2. The number of carboxylic acid groups (broad SMARTS) is 1. The van der Waals surface area contributed by atoms with Crippen molar-refractivity contribution in [2.75, 3.05) is 13.2 Å². The van der Waals surface area contributed by atoms with E-state index < -0.39 is 23.7 Å². The number of carbonyl (C=O) groups is 3. The maximum atomic E-state index is 12.4. The van der Waals surface area contributed by atoms with Crippen LogP contribution in [0.4, 0.5) is 4.79 Å². The molecule has 1 aliphatic heterocycles. The molecule has 2 aromatic carbocycles. The fraction of sp³-hybridized carbons (Fsp3) is 0.190. The molecule has 0 bridgehead atoms. The van der Waals surface area contributed by atoms with Gasteiger partial charge in [0.2, 0.25) is 0 Å². The maximum absolute atomic E-state index is 12.4. The third-order valence-corrected chi connectivity index (χ3v) is 6.27. The molecule has 1 saturated heterocycles. The number of halogens is 3. The molecule has 0 atom stereocenters. The van der Waals surface area contributed by atoms with Gasteiger partial charge in [-0.3, -0.25) is 19.3 Å². The number of rotatable bonds is 8. The highest BCUT2D eigenvalue weighted by Crippen LogP contribution is 2.40. The van der Waals surface area contributed by atoms with Crippen molar-refractivity contribution in [2.24, 2.45) is 0 Å². The second-order valence-corrected chi connectivity index (χ2v) is 9.14. The number of benzene rings is 2. The van der Waals surface area contributed by atoms with Crippen LogP contribution in [-0.4, -0.2) is 40.3 Å². The Bertz CT molecular complexity index is 1120. The normalized spacial score (nSPS) is 14.9. The summed E-state index contributed by atoms with van der Waals surface area (Å²) < 4.78 is 12.2. The molecule has 2 aromatic rings. The number of thioether (sulfide) groups is 1. The number of hydrogen-bond donors (Lipinski definition) is 1. The summed E-state index contributed by atoms with van der Waals surface area (Å²) in [6.45, 7) is 1.67. The molecule has 32 heavy (non-hydrogen) atoms. The minimum absolute atomic E-state index is 0.118. The number of ether oxygens (including phenoxy) is 2. The smallest absolute Gasteiger partial charge is 0.323 e. The minimum atomic E-state index is -1.27. The molecule has 0 saturated carbocycles. The van der Waals surface area contributed by atoms with Crippen LogP contribution in [0.5, 0.6) is 11.5 Å². The highest BCUT2D eigenvalue weighted by molar-refractivity contribution is 9.10. The zero-order chi connectivity index (χ0) is 23.4. The highest BCUT2D eigenvalue weighted by atomic mass is 79.9. The molecule has 11 heteroatoms. The Balaban J connectivity index is 1.87.